The van der Waals surface area contributed by atoms with E-state index in [1.807, 2.05) is 0 Å². The van der Waals surface area contributed by atoms with Crippen molar-refractivity contribution in [1.82, 2.24) is 15.6 Å². The molecule has 1 aliphatic heterocycles. The Bertz CT molecular complexity index is 818. The zero-order valence-electron chi connectivity index (χ0n) is 11.3. The number of nitro groups is 1. The number of carbonyl (C=O) groups excluding carboxylic acids is 1. The highest BCUT2D eigenvalue weighted by molar-refractivity contribution is 9.10. The van der Waals surface area contributed by atoms with Gasteiger partial charge >= 0.3 is 0 Å². The number of carbonyl (C=O) groups is 1. The second kappa shape index (κ2) is 6.04. The summed E-state index contributed by atoms with van der Waals surface area (Å²) in [5.41, 5.74) is 2.38. The van der Waals surface area contributed by atoms with Gasteiger partial charge in [0, 0.05) is 0 Å². The number of rotatable bonds is 4. The second-order valence-electron chi connectivity index (χ2n) is 4.31. The van der Waals surface area contributed by atoms with E-state index in [4.69, 9.17) is 9.47 Å². The SMILES string of the molecule is O=C(N/N=C\c1cc2c(cc1[N+](=O)[O-])OCO2)c1[nH]ncc1Br. The molecular weight excluding hydrogens is 374 g/mol. The van der Waals surface area contributed by atoms with E-state index in [1.54, 1.807) is 0 Å². The van der Waals surface area contributed by atoms with Gasteiger partial charge in [-0.2, -0.15) is 10.2 Å². The highest BCUT2D eigenvalue weighted by Crippen LogP contribution is 2.37. The molecule has 1 aliphatic rings. The third-order valence-electron chi connectivity index (χ3n) is 2.91. The van der Waals surface area contributed by atoms with Crippen LogP contribution in [0, 0.1) is 10.1 Å². The fraction of sp³-hybridized carbons (Fsp3) is 0.0833. The molecule has 0 fully saturated rings. The first-order valence-corrected chi connectivity index (χ1v) is 6.96. The lowest BCUT2D eigenvalue weighted by molar-refractivity contribution is -0.385. The molecule has 2 N–H and O–H groups in total. The zero-order chi connectivity index (χ0) is 16.4. The molecule has 10 nitrogen and oxygen atoms in total. The number of halogens is 1. The predicted molar refractivity (Wildman–Crippen MR) is 80.6 cm³/mol. The van der Waals surface area contributed by atoms with Gasteiger partial charge in [-0.05, 0) is 22.0 Å². The summed E-state index contributed by atoms with van der Waals surface area (Å²) in [6.45, 7) is -0.00231. The number of hydrazone groups is 1. The zero-order valence-corrected chi connectivity index (χ0v) is 12.9. The van der Waals surface area contributed by atoms with Crippen molar-refractivity contribution in [2.75, 3.05) is 6.79 Å². The molecule has 0 saturated heterocycles. The molecule has 23 heavy (non-hydrogen) atoms. The Kier molecular flexibility index (Phi) is 3.93. The number of amides is 1. The van der Waals surface area contributed by atoms with E-state index in [0.29, 0.717) is 16.0 Å². The van der Waals surface area contributed by atoms with E-state index in [1.165, 1.54) is 18.3 Å². The van der Waals surface area contributed by atoms with Crippen LogP contribution in [0.15, 0.2) is 27.9 Å². The summed E-state index contributed by atoms with van der Waals surface area (Å²) in [5.74, 6) is 0.119. The molecule has 0 spiro atoms. The monoisotopic (exact) mass is 381 g/mol. The lowest BCUT2D eigenvalue weighted by Gasteiger charge is -2.01. The number of aromatic nitrogens is 2. The number of nitro benzene ring substituents is 1. The number of nitrogens with zero attached hydrogens (tertiary/aromatic N) is 3. The molecule has 0 saturated carbocycles. The van der Waals surface area contributed by atoms with Gasteiger partial charge in [-0.25, -0.2) is 5.43 Å². The second-order valence-corrected chi connectivity index (χ2v) is 5.17. The van der Waals surface area contributed by atoms with Gasteiger partial charge in [0.05, 0.1) is 33.4 Å². The van der Waals surface area contributed by atoms with Crippen LogP contribution in [0.3, 0.4) is 0 Å². The van der Waals surface area contributed by atoms with E-state index in [9.17, 15) is 14.9 Å². The van der Waals surface area contributed by atoms with Crippen molar-refractivity contribution in [2.24, 2.45) is 5.10 Å². The quantitative estimate of drug-likeness (QED) is 0.469. The van der Waals surface area contributed by atoms with Crippen LogP contribution >= 0.6 is 15.9 Å². The molecule has 2 aromatic rings. The normalized spacial score (nSPS) is 12.6. The highest BCUT2D eigenvalue weighted by Gasteiger charge is 2.22. The minimum Gasteiger partial charge on any atom is -0.454 e. The van der Waals surface area contributed by atoms with E-state index in [-0.39, 0.29) is 23.7 Å². The molecule has 118 valence electrons. The topological polar surface area (TPSA) is 132 Å². The third-order valence-corrected chi connectivity index (χ3v) is 3.51. The van der Waals surface area contributed by atoms with Crippen molar-refractivity contribution in [3.63, 3.8) is 0 Å². The van der Waals surface area contributed by atoms with Crippen LogP contribution in [0.1, 0.15) is 16.1 Å². The lowest BCUT2D eigenvalue weighted by atomic mass is 10.1. The molecular formula is C12H8BrN5O5. The number of hydrogen-bond acceptors (Lipinski definition) is 7. The number of benzene rings is 1. The molecule has 0 atom stereocenters. The van der Waals surface area contributed by atoms with Crippen molar-refractivity contribution >= 4 is 33.7 Å². The maximum Gasteiger partial charge on any atom is 0.290 e. The van der Waals surface area contributed by atoms with Crippen LogP contribution in [0.25, 0.3) is 0 Å². The Morgan fingerprint density at radius 3 is 2.87 bits per heavy atom. The highest BCUT2D eigenvalue weighted by atomic mass is 79.9. The molecule has 0 unspecified atom stereocenters. The van der Waals surface area contributed by atoms with Crippen molar-refractivity contribution in [1.29, 1.82) is 0 Å². The molecule has 1 amide bonds. The Morgan fingerprint density at radius 2 is 2.22 bits per heavy atom. The van der Waals surface area contributed by atoms with Crippen molar-refractivity contribution in [3.8, 4) is 11.5 Å². The summed E-state index contributed by atoms with van der Waals surface area (Å²) >= 11 is 3.14. The fourth-order valence-corrected chi connectivity index (χ4v) is 2.23. The van der Waals surface area contributed by atoms with Crippen LogP contribution in [0.2, 0.25) is 0 Å². The average molecular weight is 382 g/mol. The number of ether oxygens (including phenoxy) is 2. The largest absolute Gasteiger partial charge is 0.454 e. The number of hydrogen-bond donors (Lipinski definition) is 2. The van der Waals surface area contributed by atoms with Gasteiger partial charge < -0.3 is 9.47 Å². The van der Waals surface area contributed by atoms with Crippen LogP contribution in [0.4, 0.5) is 5.69 Å². The average Bonchev–Trinajstić information content (AvgIpc) is 3.14. The smallest absolute Gasteiger partial charge is 0.290 e. The van der Waals surface area contributed by atoms with Gasteiger partial charge in [-0.3, -0.25) is 20.0 Å². The summed E-state index contributed by atoms with van der Waals surface area (Å²) in [6.07, 6.45) is 2.57. The van der Waals surface area contributed by atoms with Gasteiger partial charge in [0.2, 0.25) is 6.79 Å². The van der Waals surface area contributed by atoms with E-state index in [0.717, 1.165) is 6.21 Å². The van der Waals surface area contributed by atoms with Crippen molar-refractivity contribution in [3.05, 3.63) is 44.2 Å². The van der Waals surface area contributed by atoms with Gasteiger partial charge in [-0.1, -0.05) is 0 Å². The van der Waals surface area contributed by atoms with Crippen molar-refractivity contribution < 1.29 is 19.2 Å². The summed E-state index contributed by atoms with van der Waals surface area (Å²) < 4.78 is 10.7. The maximum atomic E-state index is 11.8. The molecule has 0 bridgehead atoms. The number of fused-ring (bicyclic) bond motifs is 1. The lowest BCUT2D eigenvalue weighted by Crippen LogP contribution is -2.18. The van der Waals surface area contributed by atoms with Crippen LogP contribution < -0.4 is 14.9 Å². The van der Waals surface area contributed by atoms with E-state index in [2.05, 4.69) is 36.7 Å². The molecule has 0 radical (unpaired) electrons. The van der Waals surface area contributed by atoms with Gasteiger partial charge in [-0.15, -0.1) is 0 Å². The van der Waals surface area contributed by atoms with Crippen LogP contribution in [0.5, 0.6) is 11.5 Å². The van der Waals surface area contributed by atoms with Crippen molar-refractivity contribution in [2.45, 2.75) is 0 Å². The molecule has 1 aromatic carbocycles. The van der Waals surface area contributed by atoms with Gasteiger partial charge in [0.1, 0.15) is 5.69 Å². The molecule has 3 rings (SSSR count). The van der Waals surface area contributed by atoms with E-state index >= 15 is 0 Å². The van der Waals surface area contributed by atoms with E-state index < -0.39 is 10.8 Å². The molecule has 2 heterocycles. The fourth-order valence-electron chi connectivity index (χ4n) is 1.86. The molecule has 1 aromatic heterocycles. The van der Waals surface area contributed by atoms with Crippen LogP contribution in [-0.2, 0) is 0 Å². The Labute approximate surface area is 136 Å². The summed E-state index contributed by atoms with van der Waals surface area (Å²) in [5, 5.41) is 21.0. The number of nitrogens with one attached hydrogen (secondary N) is 2. The minimum atomic E-state index is -0.573. The van der Waals surface area contributed by atoms with Gasteiger partial charge in [0.15, 0.2) is 11.5 Å². The number of aromatic amines is 1. The van der Waals surface area contributed by atoms with Gasteiger partial charge in [0.25, 0.3) is 11.6 Å². The predicted octanol–water partition coefficient (Wildman–Crippen LogP) is 1.57. The first-order chi connectivity index (χ1) is 11.1. The Hall–Kier alpha value is -2.95. The summed E-state index contributed by atoms with van der Waals surface area (Å²) in [4.78, 5) is 22.3. The van der Waals surface area contributed by atoms with Crippen LogP contribution in [-0.4, -0.2) is 34.0 Å². The Morgan fingerprint density at radius 1 is 1.48 bits per heavy atom. The maximum absolute atomic E-state index is 11.8. The Balaban J connectivity index is 1.81. The first-order valence-electron chi connectivity index (χ1n) is 6.16. The first kappa shape index (κ1) is 15.0. The number of H-pyrrole nitrogens is 1. The third kappa shape index (κ3) is 2.99. The standard InChI is InChI=1S/C12H8BrN5O5/c13-7-4-15-16-11(7)12(19)17-14-3-6-1-9-10(23-5-22-9)2-8(6)18(20)21/h1-4H,5H2,(H,15,16)(H,17,19)/b14-3-. The summed E-state index contributed by atoms with van der Waals surface area (Å²) in [7, 11) is 0. The molecule has 11 heteroatoms. The summed E-state index contributed by atoms with van der Waals surface area (Å²) in [6, 6.07) is 2.67. The molecule has 0 aliphatic carbocycles. The minimum absolute atomic E-state index is 0.00231.